The van der Waals surface area contributed by atoms with Gasteiger partial charge in [-0.25, -0.2) is 9.78 Å². The molecule has 3 heterocycles. The molecule has 0 amide bonds. The first-order valence-electron chi connectivity index (χ1n) is 5.51. The van der Waals surface area contributed by atoms with Gasteiger partial charge in [-0.05, 0) is 41.1 Å². The largest absolute Gasteiger partial charge is 0.477 e. The molecule has 0 unspecified atom stereocenters. The van der Waals surface area contributed by atoms with Crippen LogP contribution in [0.5, 0.6) is 0 Å². The number of rotatable bonds is 2. The van der Waals surface area contributed by atoms with Gasteiger partial charge >= 0.3 is 5.97 Å². The zero-order chi connectivity index (χ0) is 13.6. The highest BCUT2D eigenvalue weighted by molar-refractivity contribution is 9.10. The average Bonchev–Trinajstić information content (AvgIpc) is 2.93. The highest BCUT2D eigenvalue weighted by atomic mass is 79.9. The van der Waals surface area contributed by atoms with Crippen LogP contribution in [0.15, 0.2) is 34.4 Å². The molecule has 4 nitrogen and oxygen atoms in total. The fraction of sp³-hybridized carbons (Fsp3) is 0.0769. The Bertz CT molecular complexity index is 791. The van der Waals surface area contributed by atoms with Gasteiger partial charge in [0.1, 0.15) is 6.33 Å². The number of aromatic carboxylic acids is 1. The number of nitrogens with zero attached hydrogens (tertiary/aromatic N) is 2. The Morgan fingerprint density at radius 2 is 2.21 bits per heavy atom. The van der Waals surface area contributed by atoms with E-state index < -0.39 is 5.97 Å². The molecule has 1 N–H and O–H groups in total. The van der Waals surface area contributed by atoms with Crippen LogP contribution in [-0.2, 0) is 0 Å². The van der Waals surface area contributed by atoms with E-state index in [0.717, 1.165) is 26.1 Å². The third-order valence-corrected chi connectivity index (χ3v) is 4.69. The minimum absolute atomic E-state index is 0.0592. The maximum absolute atomic E-state index is 10.9. The Labute approximate surface area is 121 Å². The second-order valence-corrected chi connectivity index (χ2v) is 5.97. The van der Waals surface area contributed by atoms with E-state index in [4.69, 9.17) is 5.11 Å². The SMILES string of the molecule is Cc1c(-c2cc(Br)cs2)cc2cc(C(=O)O)ncn12. The molecular weight excluding hydrogens is 328 g/mol. The molecule has 0 radical (unpaired) electrons. The van der Waals surface area contributed by atoms with Crippen molar-refractivity contribution in [3.8, 4) is 10.4 Å². The molecule has 0 aliphatic carbocycles. The lowest BCUT2D eigenvalue weighted by Gasteiger charge is -1.99. The Hall–Kier alpha value is -1.66. The van der Waals surface area contributed by atoms with Crippen LogP contribution >= 0.6 is 27.3 Å². The van der Waals surface area contributed by atoms with Crippen LogP contribution in [0.1, 0.15) is 16.2 Å². The van der Waals surface area contributed by atoms with Gasteiger partial charge in [-0.2, -0.15) is 0 Å². The number of hydrogen-bond acceptors (Lipinski definition) is 3. The van der Waals surface area contributed by atoms with Gasteiger partial charge in [0.15, 0.2) is 5.69 Å². The molecular formula is C13H9BrN2O2S. The third-order valence-electron chi connectivity index (χ3n) is 2.97. The predicted molar refractivity (Wildman–Crippen MR) is 77.9 cm³/mol. The van der Waals surface area contributed by atoms with E-state index in [-0.39, 0.29) is 5.69 Å². The van der Waals surface area contributed by atoms with Gasteiger partial charge in [0.25, 0.3) is 0 Å². The van der Waals surface area contributed by atoms with E-state index in [1.165, 1.54) is 0 Å². The lowest BCUT2D eigenvalue weighted by atomic mass is 10.2. The number of thiophene rings is 1. The van der Waals surface area contributed by atoms with E-state index >= 15 is 0 Å². The number of carbonyl (C=O) groups is 1. The second-order valence-electron chi connectivity index (χ2n) is 4.15. The van der Waals surface area contributed by atoms with Crippen molar-refractivity contribution in [1.29, 1.82) is 0 Å². The van der Waals surface area contributed by atoms with Crippen LogP contribution in [0.4, 0.5) is 0 Å². The molecule has 3 aromatic rings. The lowest BCUT2D eigenvalue weighted by molar-refractivity contribution is 0.0690. The summed E-state index contributed by atoms with van der Waals surface area (Å²) in [5, 5.41) is 11.0. The molecule has 0 saturated carbocycles. The van der Waals surface area contributed by atoms with Crippen molar-refractivity contribution in [2.24, 2.45) is 0 Å². The molecule has 0 spiro atoms. The molecule has 0 atom stereocenters. The van der Waals surface area contributed by atoms with Crippen molar-refractivity contribution in [3.63, 3.8) is 0 Å². The highest BCUT2D eigenvalue weighted by Gasteiger charge is 2.12. The van der Waals surface area contributed by atoms with Gasteiger partial charge in [-0.15, -0.1) is 11.3 Å². The Morgan fingerprint density at radius 3 is 2.84 bits per heavy atom. The molecule has 0 bridgehead atoms. The van der Waals surface area contributed by atoms with Crippen LogP contribution in [-0.4, -0.2) is 20.5 Å². The number of aryl methyl sites for hydroxylation is 1. The van der Waals surface area contributed by atoms with E-state index in [1.54, 1.807) is 23.7 Å². The fourth-order valence-electron chi connectivity index (χ4n) is 2.03. The molecule has 0 fully saturated rings. The van der Waals surface area contributed by atoms with Gasteiger partial charge in [0, 0.05) is 31.5 Å². The highest BCUT2D eigenvalue weighted by Crippen LogP contribution is 2.33. The summed E-state index contributed by atoms with van der Waals surface area (Å²) >= 11 is 5.09. The lowest BCUT2D eigenvalue weighted by Crippen LogP contribution is -2.01. The summed E-state index contributed by atoms with van der Waals surface area (Å²) < 4.78 is 2.95. The molecule has 3 rings (SSSR count). The first-order chi connectivity index (χ1) is 9.06. The van der Waals surface area contributed by atoms with Gasteiger partial charge in [-0.3, -0.25) is 0 Å². The van der Waals surface area contributed by atoms with Crippen molar-refractivity contribution in [2.75, 3.05) is 0 Å². The first kappa shape index (κ1) is 12.4. The minimum atomic E-state index is -1.01. The normalized spacial score (nSPS) is 11.1. The van der Waals surface area contributed by atoms with Gasteiger partial charge in [0.05, 0.1) is 0 Å². The van der Waals surface area contributed by atoms with Crippen molar-refractivity contribution in [2.45, 2.75) is 6.92 Å². The predicted octanol–water partition coefficient (Wildman–Crippen LogP) is 3.83. The number of carboxylic acid groups (broad SMARTS) is 1. The summed E-state index contributed by atoms with van der Waals surface area (Å²) in [5.74, 6) is -1.01. The van der Waals surface area contributed by atoms with Crippen LogP contribution < -0.4 is 0 Å². The molecule has 3 aromatic heterocycles. The number of halogens is 1. The first-order valence-corrected chi connectivity index (χ1v) is 7.19. The van der Waals surface area contributed by atoms with Crippen molar-refractivity contribution in [3.05, 3.63) is 45.8 Å². The van der Waals surface area contributed by atoms with Gasteiger partial charge in [0.2, 0.25) is 0 Å². The Kier molecular flexibility index (Phi) is 2.91. The fourth-order valence-corrected chi connectivity index (χ4v) is 3.52. The molecule has 0 aromatic carbocycles. The van der Waals surface area contributed by atoms with Gasteiger partial charge < -0.3 is 9.51 Å². The summed E-state index contributed by atoms with van der Waals surface area (Å²) in [6, 6.07) is 5.63. The third kappa shape index (κ3) is 2.06. The minimum Gasteiger partial charge on any atom is -0.477 e. The molecule has 6 heteroatoms. The summed E-state index contributed by atoms with van der Waals surface area (Å²) in [5.41, 5.74) is 3.04. The summed E-state index contributed by atoms with van der Waals surface area (Å²) in [6.07, 6.45) is 1.56. The molecule has 0 aliphatic rings. The van der Waals surface area contributed by atoms with Crippen LogP contribution in [0, 0.1) is 6.92 Å². The summed E-state index contributed by atoms with van der Waals surface area (Å²) in [6.45, 7) is 2.00. The molecule has 0 aliphatic heterocycles. The molecule has 96 valence electrons. The number of hydrogen-bond donors (Lipinski definition) is 1. The maximum Gasteiger partial charge on any atom is 0.354 e. The van der Waals surface area contributed by atoms with Crippen molar-refractivity contribution < 1.29 is 9.90 Å². The van der Waals surface area contributed by atoms with Crippen LogP contribution in [0.3, 0.4) is 0 Å². The second kappa shape index (κ2) is 4.47. The van der Waals surface area contributed by atoms with E-state index in [2.05, 4.69) is 27.0 Å². The maximum atomic E-state index is 10.9. The zero-order valence-electron chi connectivity index (χ0n) is 9.92. The standard InChI is InChI=1S/C13H9BrN2O2S/c1-7-10(12-2-8(14)5-19-12)3-9-4-11(13(17)18)15-6-16(7)9/h2-6H,1H3,(H,17,18). The Morgan fingerprint density at radius 1 is 1.42 bits per heavy atom. The summed E-state index contributed by atoms with van der Waals surface area (Å²) in [4.78, 5) is 16.0. The average molecular weight is 337 g/mol. The smallest absolute Gasteiger partial charge is 0.354 e. The Balaban J connectivity index is 2.22. The number of aromatic nitrogens is 2. The van der Waals surface area contributed by atoms with Crippen LogP contribution in [0.2, 0.25) is 0 Å². The van der Waals surface area contributed by atoms with Crippen molar-refractivity contribution >= 4 is 38.8 Å². The molecule has 19 heavy (non-hydrogen) atoms. The van der Waals surface area contributed by atoms with E-state index in [9.17, 15) is 4.79 Å². The zero-order valence-corrected chi connectivity index (χ0v) is 12.3. The monoisotopic (exact) mass is 336 g/mol. The van der Waals surface area contributed by atoms with E-state index in [0.29, 0.717) is 0 Å². The number of carboxylic acids is 1. The summed E-state index contributed by atoms with van der Waals surface area (Å²) in [7, 11) is 0. The topological polar surface area (TPSA) is 54.6 Å². The molecule has 0 saturated heterocycles. The van der Waals surface area contributed by atoms with E-state index in [1.807, 2.05) is 22.8 Å². The quantitative estimate of drug-likeness (QED) is 0.773. The number of fused-ring (bicyclic) bond motifs is 1. The van der Waals surface area contributed by atoms with Gasteiger partial charge in [-0.1, -0.05) is 0 Å². The van der Waals surface area contributed by atoms with Crippen molar-refractivity contribution in [1.82, 2.24) is 9.38 Å². The van der Waals surface area contributed by atoms with Crippen LogP contribution in [0.25, 0.3) is 16.0 Å².